The third kappa shape index (κ3) is 1.79. The summed E-state index contributed by atoms with van der Waals surface area (Å²) in [4.78, 5) is 0. The molecular formula is C12H16O3. The largest absolute Gasteiger partial charge is 0.486 e. The van der Waals surface area contributed by atoms with E-state index in [2.05, 4.69) is 0 Å². The van der Waals surface area contributed by atoms with E-state index in [1.807, 2.05) is 26.0 Å². The van der Waals surface area contributed by atoms with Gasteiger partial charge < -0.3 is 14.6 Å². The van der Waals surface area contributed by atoms with Crippen LogP contribution in [0.2, 0.25) is 0 Å². The van der Waals surface area contributed by atoms with Crippen molar-refractivity contribution in [3.8, 4) is 11.5 Å². The Morgan fingerprint density at radius 1 is 1.33 bits per heavy atom. The molecule has 0 amide bonds. The number of rotatable bonds is 2. The molecule has 0 radical (unpaired) electrons. The molecule has 1 aliphatic rings. The Bertz CT molecular complexity index is 360. The van der Waals surface area contributed by atoms with Crippen molar-refractivity contribution in [3.63, 3.8) is 0 Å². The zero-order valence-corrected chi connectivity index (χ0v) is 9.12. The smallest absolute Gasteiger partial charge is 0.164 e. The summed E-state index contributed by atoms with van der Waals surface area (Å²) in [5, 5.41) is 9.14. The van der Waals surface area contributed by atoms with Crippen LogP contribution in [0.5, 0.6) is 11.5 Å². The monoisotopic (exact) mass is 208 g/mol. The molecule has 0 aliphatic carbocycles. The van der Waals surface area contributed by atoms with Gasteiger partial charge in [0, 0.05) is 12.5 Å². The minimum atomic E-state index is 0.140. The highest BCUT2D eigenvalue weighted by molar-refractivity contribution is 5.51. The van der Waals surface area contributed by atoms with Crippen molar-refractivity contribution in [2.75, 3.05) is 19.8 Å². The molecule has 0 aromatic heterocycles. The summed E-state index contributed by atoms with van der Waals surface area (Å²) in [5.74, 6) is 1.78. The van der Waals surface area contributed by atoms with Crippen molar-refractivity contribution in [2.45, 2.75) is 19.8 Å². The summed E-state index contributed by atoms with van der Waals surface area (Å²) in [6, 6.07) is 3.92. The van der Waals surface area contributed by atoms with Crippen LogP contribution in [-0.4, -0.2) is 24.9 Å². The average Bonchev–Trinajstić information content (AvgIpc) is 2.29. The molecule has 15 heavy (non-hydrogen) atoms. The van der Waals surface area contributed by atoms with Crippen LogP contribution in [0, 0.1) is 6.92 Å². The molecule has 0 bridgehead atoms. The molecule has 3 heteroatoms. The van der Waals surface area contributed by atoms with E-state index in [1.165, 1.54) is 0 Å². The molecule has 0 spiro atoms. The van der Waals surface area contributed by atoms with E-state index < -0.39 is 0 Å². The van der Waals surface area contributed by atoms with Gasteiger partial charge in [-0.1, -0.05) is 13.0 Å². The number of ether oxygens (including phenoxy) is 2. The van der Waals surface area contributed by atoms with Crippen LogP contribution in [0.25, 0.3) is 0 Å². The molecule has 1 aromatic rings. The number of aliphatic hydroxyl groups is 1. The number of fused-ring (bicyclic) bond motifs is 1. The van der Waals surface area contributed by atoms with E-state index in [9.17, 15) is 0 Å². The lowest BCUT2D eigenvalue weighted by Gasteiger charge is -2.23. The van der Waals surface area contributed by atoms with Crippen molar-refractivity contribution in [2.24, 2.45) is 0 Å². The summed E-state index contributed by atoms with van der Waals surface area (Å²) in [7, 11) is 0. The van der Waals surface area contributed by atoms with Crippen LogP contribution in [0.3, 0.4) is 0 Å². The lowest BCUT2D eigenvalue weighted by Crippen LogP contribution is -2.17. The van der Waals surface area contributed by atoms with Gasteiger partial charge >= 0.3 is 0 Å². The average molecular weight is 208 g/mol. The van der Waals surface area contributed by atoms with Crippen molar-refractivity contribution in [1.29, 1.82) is 0 Å². The Morgan fingerprint density at radius 2 is 2.07 bits per heavy atom. The first-order chi connectivity index (χ1) is 7.24. The van der Waals surface area contributed by atoms with E-state index >= 15 is 0 Å². The lowest BCUT2D eigenvalue weighted by molar-refractivity contribution is 0.170. The highest BCUT2D eigenvalue weighted by atomic mass is 16.6. The van der Waals surface area contributed by atoms with Gasteiger partial charge in [-0.25, -0.2) is 0 Å². The first-order valence-corrected chi connectivity index (χ1v) is 5.24. The van der Waals surface area contributed by atoms with Gasteiger partial charge in [0.1, 0.15) is 13.2 Å². The number of hydrogen-bond donors (Lipinski definition) is 1. The number of hydrogen-bond acceptors (Lipinski definition) is 3. The molecule has 3 nitrogen and oxygen atoms in total. The van der Waals surface area contributed by atoms with Gasteiger partial charge in [-0.15, -0.1) is 0 Å². The fraction of sp³-hybridized carbons (Fsp3) is 0.500. The Balaban J connectivity index is 2.43. The molecule has 1 heterocycles. The number of benzene rings is 1. The molecule has 0 saturated carbocycles. The zero-order valence-electron chi connectivity index (χ0n) is 9.12. The normalized spacial score (nSPS) is 16.2. The summed E-state index contributed by atoms with van der Waals surface area (Å²) in [5.41, 5.74) is 2.20. The van der Waals surface area contributed by atoms with Gasteiger partial charge in [-0.3, -0.25) is 0 Å². The predicted octanol–water partition coefficient (Wildman–Crippen LogP) is 1.86. The van der Waals surface area contributed by atoms with Crippen LogP contribution in [0.4, 0.5) is 0 Å². The van der Waals surface area contributed by atoms with Crippen LogP contribution < -0.4 is 9.47 Å². The van der Waals surface area contributed by atoms with Gasteiger partial charge in [0.05, 0.1) is 0 Å². The molecule has 1 atom stereocenters. The van der Waals surface area contributed by atoms with Crippen molar-refractivity contribution < 1.29 is 14.6 Å². The SMILES string of the molecule is Cc1c(C(C)CO)ccc2c1OCCO2. The quantitative estimate of drug-likeness (QED) is 0.806. The van der Waals surface area contributed by atoms with E-state index in [0.29, 0.717) is 13.2 Å². The maximum atomic E-state index is 9.14. The van der Waals surface area contributed by atoms with Gasteiger partial charge in [-0.05, 0) is 24.1 Å². The Hall–Kier alpha value is -1.22. The van der Waals surface area contributed by atoms with E-state index in [0.717, 1.165) is 22.6 Å². The molecule has 0 fully saturated rings. The Labute approximate surface area is 89.6 Å². The van der Waals surface area contributed by atoms with Gasteiger partial charge in [0.25, 0.3) is 0 Å². The topological polar surface area (TPSA) is 38.7 Å². The first kappa shape index (κ1) is 10.3. The Morgan fingerprint density at radius 3 is 2.80 bits per heavy atom. The van der Waals surface area contributed by atoms with E-state index in [1.54, 1.807) is 0 Å². The fourth-order valence-corrected chi connectivity index (χ4v) is 1.90. The third-order valence-electron chi connectivity index (χ3n) is 2.80. The van der Waals surface area contributed by atoms with Crippen LogP contribution in [0.1, 0.15) is 24.0 Å². The summed E-state index contributed by atoms with van der Waals surface area (Å²) < 4.78 is 11.1. The standard InChI is InChI=1S/C12H16O3/c1-8(7-13)10-3-4-11-12(9(10)2)15-6-5-14-11/h3-4,8,13H,5-7H2,1-2H3. The van der Waals surface area contributed by atoms with Gasteiger partial charge in [0.2, 0.25) is 0 Å². The van der Waals surface area contributed by atoms with Crippen molar-refractivity contribution in [3.05, 3.63) is 23.3 Å². The minimum Gasteiger partial charge on any atom is -0.486 e. The second-order valence-electron chi connectivity index (χ2n) is 3.89. The maximum absolute atomic E-state index is 9.14. The van der Waals surface area contributed by atoms with Crippen LogP contribution >= 0.6 is 0 Å². The summed E-state index contributed by atoms with van der Waals surface area (Å²) >= 11 is 0. The molecule has 2 rings (SSSR count). The third-order valence-corrected chi connectivity index (χ3v) is 2.80. The molecule has 1 N–H and O–H groups in total. The van der Waals surface area contributed by atoms with Crippen LogP contribution in [-0.2, 0) is 0 Å². The number of aliphatic hydroxyl groups excluding tert-OH is 1. The van der Waals surface area contributed by atoms with Gasteiger partial charge in [0.15, 0.2) is 11.5 Å². The molecular weight excluding hydrogens is 192 g/mol. The van der Waals surface area contributed by atoms with E-state index in [-0.39, 0.29) is 12.5 Å². The second-order valence-corrected chi connectivity index (χ2v) is 3.89. The molecule has 1 aromatic carbocycles. The van der Waals surface area contributed by atoms with E-state index in [4.69, 9.17) is 14.6 Å². The van der Waals surface area contributed by atoms with Crippen LogP contribution in [0.15, 0.2) is 12.1 Å². The second kappa shape index (κ2) is 4.11. The highest BCUT2D eigenvalue weighted by Crippen LogP contribution is 2.37. The fourth-order valence-electron chi connectivity index (χ4n) is 1.90. The van der Waals surface area contributed by atoms with Crippen molar-refractivity contribution >= 4 is 0 Å². The Kier molecular flexibility index (Phi) is 2.82. The highest BCUT2D eigenvalue weighted by Gasteiger charge is 2.18. The first-order valence-electron chi connectivity index (χ1n) is 5.24. The molecule has 82 valence electrons. The molecule has 0 saturated heterocycles. The van der Waals surface area contributed by atoms with Gasteiger partial charge in [-0.2, -0.15) is 0 Å². The predicted molar refractivity (Wildman–Crippen MR) is 57.7 cm³/mol. The lowest BCUT2D eigenvalue weighted by atomic mass is 9.96. The summed E-state index contributed by atoms with van der Waals surface area (Å²) in [6.45, 7) is 5.38. The van der Waals surface area contributed by atoms with Crippen molar-refractivity contribution in [1.82, 2.24) is 0 Å². The zero-order chi connectivity index (χ0) is 10.8. The summed E-state index contributed by atoms with van der Waals surface area (Å²) in [6.07, 6.45) is 0. The minimum absolute atomic E-state index is 0.140. The molecule has 1 unspecified atom stereocenters. The maximum Gasteiger partial charge on any atom is 0.164 e. The molecule has 1 aliphatic heterocycles.